The lowest BCUT2D eigenvalue weighted by molar-refractivity contribution is -0.119. The van der Waals surface area contributed by atoms with Gasteiger partial charge in [0.25, 0.3) is 11.8 Å². The van der Waals surface area contributed by atoms with Crippen LogP contribution < -0.4 is 10.5 Å². The van der Waals surface area contributed by atoms with E-state index in [1.807, 2.05) is 19.0 Å². The maximum Gasteiger partial charge on any atom is 0.255 e. The lowest BCUT2D eigenvalue weighted by Crippen LogP contribution is -2.38. The zero-order valence-electron chi connectivity index (χ0n) is 14.2. The summed E-state index contributed by atoms with van der Waals surface area (Å²) in [7, 11) is 4.02. The lowest BCUT2D eigenvalue weighted by atomic mass is 10.1. The molecule has 1 unspecified atom stereocenters. The molecule has 1 aliphatic heterocycles. The molecule has 0 saturated carbocycles. The molecule has 1 heterocycles. The van der Waals surface area contributed by atoms with Crippen LogP contribution in [-0.4, -0.2) is 75.2 Å². The number of amides is 2. The molecule has 1 saturated heterocycles. The molecule has 0 aromatic heterocycles. The molecule has 1 aliphatic rings. The second kappa shape index (κ2) is 8.65. The van der Waals surface area contributed by atoms with E-state index in [0.717, 1.165) is 6.54 Å². The number of nitrogens with zero attached hydrogens (tertiary/aromatic N) is 2. The summed E-state index contributed by atoms with van der Waals surface area (Å²) in [6, 6.07) is 6.80. The van der Waals surface area contributed by atoms with Crippen LogP contribution in [0.3, 0.4) is 0 Å². The Morgan fingerprint density at radius 3 is 2.92 bits per heavy atom. The van der Waals surface area contributed by atoms with E-state index in [-0.39, 0.29) is 18.4 Å². The molecule has 0 bridgehead atoms. The number of carbonyl (C=O) groups is 2. The number of hydrogen-bond donors (Lipinski definition) is 1. The number of hydrogen-bond acceptors (Lipinski definition) is 5. The quantitative estimate of drug-likeness (QED) is 0.803. The summed E-state index contributed by atoms with van der Waals surface area (Å²) in [4.78, 5) is 27.5. The summed E-state index contributed by atoms with van der Waals surface area (Å²) in [5, 5.41) is 0. The first-order valence-electron chi connectivity index (χ1n) is 7.98. The van der Waals surface area contributed by atoms with Gasteiger partial charge in [0, 0.05) is 31.1 Å². The highest BCUT2D eigenvalue weighted by atomic mass is 16.5. The number of ether oxygens (including phenoxy) is 2. The van der Waals surface area contributed by atoms with Gasteiger partial charge in [-0.25, -0.2) is 0 Å². The molecule has 24 heavy (non-hydrogen) atoms. The van der Waals surface area contributed by atoms with Crippen molar-refractivity contribution in [2.45, 2.75) is 0 Å². The van der Waals surface area contributed by atoms with Gasteiger partial charge in [0.1, 0.15) is 5.75 Å². The van der Waals surface area contributed by atoms with Gasteiger partial charge in [0.2, 0.25) is 0 Å². The lowest BCUT2D eigenvalue weighted by Gasteiger charge is -2.25. The third-order valence-electron chi connectivity index (χ3n) is 3.71. The van der Waals surface area contributed by atoms with Crippen molar-refractivity contribution < 1.29 is 19.1 Å². The molecule has 0 spiro atoms. The molecule has 1 atom stereocenters. The van der Waals surface area contributed by atoms with Crippen molar-refractivity contribution in [1.82, 2.24) is 9.80 Å². The van der Waals surface area contributed by atoms with Crippen molar-refractivity contribution in [3.8, 4) is 5.75 Å². The van der Waals surface area contributed by atoms with E-state index in [0.29, 0.717) is 37.6 Å². The summed E-state index contributed by atoms with van der Waals surface area (Å²) in [6.45, 7) is 3.07. The van der Waals surface area contributed by atoms with E-state index in [4.69, 9.17) is 15.2 Å². The van der Waals surface area contributed by atoms with Gasteiger partial charge in [-0.1, -0.05) is 6.07 Å². The summed E-state index contributed by atoms with van der Waals surface area (Å²) < 4.78 is 10.9. The topological polar surface area (TPSA) is 85.1 Å². The van der Waals surface area contributed by atoms with Gasteiger partial charge in [-0.2, -0.15) is 0 Å². The first-order valence-corrected chi connectivity index (χ1v) is 7.98. The van der Waals surface area contributed by atoms with Gasteiger partial charge < -0.3 is 25.0 Å². The van der Waals surface area contributed by atoms with Gasteiger partial charge in [-0.3, -0.25) is 9.59 Å². The molecule has 132 valence electrons. The first-order chi connectivity index (χ1) is 11.5. The van der Waals surface area contributed by atoms with E-state index in [1.54, 1.807) is 24.3 Å². The zero-order chi connectivity index (χ0) is 17.5. The maximum absolute atomic E-state index is 12.8. The largest absolute Gasteiger partial charge is 0.484 e. The molecule has 7 heteroatoms. The van der Waals surface area contributed by atoms with Crippen molar-refractivity contribution in [2.24, 2.45) is 11.7 Å². The van der Waals surface area contributed by atoms with Crippen LogP contribution in [0.5, 0.6) is 5.75 Å². The molecular formula is C17H25N3O4. The Bertz CT molecular complexity index is 577. The SMILES string of the molecule is CN(C)CC1COCCN(C(=O)c2cccc(OCC(N)=O)c2)C1. The van der Waals surface area contributed by atoms with Crippen LogP contribution in [0.1, 0.15) is 10.4 Å². The summed E-state index contributed by atoms with van der Waals surface area (Å²) in [5.74, 6) is 0.119. The molecule has 1 fully saturated rings. The highest BCUT2D eigenvalue weighted by Crippen LogP contribution is 2.17. The Morgan fingerprint density at radius 2 is 2.21 bits per heavy atom. The predicted octanol–water partition coefficient (Wildman–Crippen LogP) is 0.201. The number of carbonyl (C=O) groups excluding carboxylic acids is 2. The summed E-state index contributed by atoms with van der Waals surface area (Å²) in [6.07, 6.45) is 0. The second-order valence-corrected chi connectivity index (χ2v) is 6.24. The minimum Gasteiger partial charge on any atom is -0.484 e. The van der Waals surface area contributed by atoms with Crippen LogP contribution in [0.2, 0.25) is 0 Å². The smallest absolute Gasteiger partial charge is 0.255 e. The molecule has 2 rings (SSSR count). The molecule has 2 amide bonds. The van der Waals surface area contributed by atoms with Gasteiger partial charge in [-0.15, -0.1) is 0 Å². The van der Waals surface area contributed by atoms with E-state index < -0.39 is 5.91 Å². The zero-order valence-corrected chi connectivity index (χ0v) is 14.2. The van der Waals surface area contributed by atoms with Crippen molar-refractivity contribution >= 4 is 11.8 Å². The molecule has 1 aromatic rings. The van der Waals surface area contributed by atoms with E-state index in [9.17, 15) is 9.59 Å². The minimum atomic E-state index is -0.553. The fourth-order valence-corrected chi connectivity index (χ4v) is 2.75. The average Bonchev–Trinajstić information content (AvgIpc) is 2.77. The third-order valence-corrected chi connectivity index (χ3v) is 3.71. The Kier molecular flexibility index (Phi) is 6.57. The Morgan fingerprint density at radius 1 is 1.42 bits per heavy atom. The van der Waals surface area contributed by atoms with Crippen molar-refractivity contribution in [1.29, 1.82) is 0 Å². The number of primary amides is 1. The minimum absolute atomic E-state index is 0.0613. The third kappa shape index (κ3) is 5.50. The monoisotopic (exact) mass is 335 g/mol. The maximum atomic E-state index is 12.8. The molecular weight excluding hydrogens is 310 g/mol. The molecule has 2 N–H and O–H groups in total. The molecule has 7 nitrogen and oxygen atoms in total. The van der Waals surface area contributed by atoms with Crippen LogP contribution in [0.4, 0.5) is 0 Å². The van der Waals surface area contributed by atoms with Crippen molar-refractivity contribution in [2.75, 3.05) is 53.6 Å². The fraction of sp³-hybridized carbons (Fsp3) is 0.529. The Balaban J connectivity index is 2.06. The van der Waals surface area contributed by atoms with Crippen LogP contribution in [0.25, 0.3) is 0 Å². The van der Waals surface area contributed by atoms with E-state index in [1.165, 1.54) is 0 Å². The van der Waals surface area contributed by atoms with E-state index in [2.05, 4.69) is 4.90 Å². The van der Waals surface area contributed by atoms with Gasteiger partial charge in [0.15, 0.2) is 6.61 Å². The van der Waals surface area contributed by atoms with Crippen LogP contribution in [0, 0.1) is 5.92 Å². The number of rotatable bonds is 6. The van der Waals surface area contributed by atoms with Crippen molar-refractivity contribution in [3.63, 3.8) is 0 Å². The Hall–Kier alpha value is -2.12. The van der Waals surface area contributed by atoms with Crippen molar-refractivity contribution in [3.05, 3.63) is 29.8 Å². The average molecular weight is 335 g/mol. The Labute approximate surface area is 142 Å². The highest BCUT2D eigenvalue weighted by molar-refractivity contribution is 5.94. The fourth-order valence-electron chi connectivity index (χ4n) is 2.75. The first kappa shape index (κ1) is 18.2. The summed E-state index contributed by atoms with van der Waals surface area (Å²) >= 11 is 0. The predicted molar refractivity (Wildman–Crippen MR) is 89.9 cm³/mol. The van der Waals surface area contributed by atoms with E-state index >= 15 is 0 Å². The highest BCUT2D eigenvalue weighted by Gasteiger charge is 2.24. The molecule has 1 aromatic carbocycles. The van der Waals surface area contributed by atoms with Crippen LogP contribution >= 0.6 is 0 Å². The normalized spacial score (nSPS) is 18.3. The second-order valence-electron chi connectivity index (χ2n) is 6.24. The van der Waals surface area contributed by atoms with Crippen LogP contribution in [0.15, 0.2) is 24.3 Å². The standard InChI is InChI=1S/C17H25N3O4/c1-19(2)9-13-10-20(6-7-23-11-13)17(22)14-4-3-5-15(8-14)24-12-16(18)21/h3-5,8,13H,6-7,9-12H2,1-2H3,(H2,18,21). The van der Waals surface area contributed by atoms with Gasteiger partial charge in [0.05, 0.1) is 13.2 Å². The van der Waals surface area contributed by atoms with Gasteiger partial charge in [-0.05, 0) is 32.3 Å². The van der Waals surface area contributed by atoms with Gasteiger partial charge >= 0.3 is 0 Å². The molecule has 0 radical (unpaired) electrons. The van der Waals surface area contributed by atoms with Crippen LogP contribution in [-0.2, 0) is 9.53 Å². The summed E-state index contributed by atoms with van der Waals surface area (Å²) in [5.41, 5.74) is 5.60. The number of benzene rings is 1. The molecule has 0 aliphatic carbocycles. The number of nitrogens with two attached hydrogens (primary N) is 1.